The van der Waals surface area contributed by atoms with E-state index in [-0.39, 0.29) is 16.9 Å². The van der Waals surface area contributed by atoms with Crippen LogP contribution in [0.3, 0.4) is 0 Å². The summed E-state index contributed by atoms with van der Waals surface area (Å²) in [6.07, 6.45) is 0.987. The third kappa shape index (κ3) is 3.37. The fourth-order valence-electron chi connectivity index (χ4n) is 1.92. The summed E-state index contributed by atoms with van der Waals surface area (Å²) in [5, 5.41) is 7.56. The Bertz CT molecular complexity index is 558. The minimum Gasteiger partial charge on any atom is -0.306 e. The van der Waals surface area contributed by atoms with Gasteiger partial charge in [-0.1, -0.05) is 30.7 Å². The summed E-state index contributed by atoms with van der Waals surface area (Å²) >= 11 is 11.0. The lowest BCUT2D eigenvalue weighted by Crippen LogP contribution is -2.24. The Labute approximate surface area is 129 Å². The second-order valence-electron chi connectivity index (χ2n) is 4.21. The maximum atomic E-state index is 14.2. The van der Waals surface area contributed by atoms with Crippen LogP contribution in [0.4, 0.5) is 4.39 Å². The van der Waals surface area contributed by atoms with Crippen LogP contribution in [0, 0.1) is 5.82 Å². The number of benzene rings is 1. The van der Waals surface area contributed by atoms with E-state index in [1.165, 1.54) is 0 Å². The standard InChI is InChI=1S/C14H14BrClFNS/c1-2-6-18-14(10-7-19-8-11(10)15)9-4-3-5-12(16)13(9)17/h3-5,7-8,14,18H,2,6H2,1H3. The molecule has 0 spiro atoms. The maximum absolute atomic E-state index is 14.2. The molecule has 1 heterocycles. The lowest BCUT2D eigenvalue weighted by Gasteiger charge is -2.20. The minimum atomic E-state index is -0.351. The van der Waals surface area contributed by atoms with Gasteiger partial charge in [0.15, 0.2) is 0 Å². The Morgan fingerprint density at radius 3 is 2.79 bits per heavy atom. The molecule has 1 atom stereocenters. The molecule has 5 heteroatoms. The molecule has 0 amide bonds. The number of halogens is 3. The van der Waals surface area contributed by atoms with Gasteiger partial charge in [-0.05, 0) is 45.9 Å². The highest BCUT2D eigenvalue weighted by Crippen LogP contribution is 2.34. The molecular weight excluding hydrogens is 349 g/mol. The van der Waals surface area contributed by atoms with Crippen LogP contribution in [0.2, 0.25) is 5.02 Å². The molecule has 0 radical (unpaired) electrons. The predicted molar refractivity (Wildman–Crippen MR) is 83.6 cm³/mol. The molecule has 1 aromatic heterocycles. The Balaban J connectivity index is 2.43. The lowest BCUT2D eigenvalue weighted by molar-refractivity contribution is 0.547. The van der Waals surface area contributed by atoms with E-state index in [4.69, 9.17) is 11.6 Å². The SMILES string of the molecule is CCCNC(c1cscc1Br)c1cccc(Cl)c1F. The zero-order valence-corrected chi connectivity index (χ0v) is 13.6. The smallest absolute Gasteiger partial charge is 0.146 e. The summed E-state index contributed by atoms with van der Waals surface area (Å²) in [4.78, 5) is 0. The molecule has 0 saturated carbocycles. The fraction of sp³-hybridized carbons (Fsp3) is 0.286. The summed E-state index contributed by atoms with van der Waals surface area (Å²) < 4.78 is 15.2. The van der Waals surface area contributed by atoms with Crippen molar-refractivity contribution in [1.82, 2.24) is 5.32 Å². The first-order valence-electron chi connectivity index (χ1n) is 6.04. The van der Waals surface area contributed by atoms with Crippen LogP contribution in [0.15, 0.2) is 33.4 Å². The van der Waals surface area contributed by atoms with Crippen molar-refractivity contribution < 1.29 is 4.39 Å². The van der Waals surface area contributed by atoms with E-state index in [1.54, 1.807) is 29.5 Å². The minimum absolute atomic E-state index is 0.159. The number of nitrogens with one attached hydrogen (secondary N) is 1. The number of thiophene rings is 1. The predicted octanol–water partition coefficient (Wildman–Crippen LogP) is 5.39. The van der Waals surface area contributed by atoms with Crippen molar-refractivity contribution in [3.8, 4) is 0 Å². The van der Waals surface area contributed by atoms with E-state index >= 15 is 0 Å². The van der Waals surface area contributed by atoms with Crippen molar-refractivity contribution in [3.63, 3.8) is 0 Å². The molecule has 0 aliphatic carbocycles. The van der Waals surface area contributed by atoms with Gasteiger partial charge in [0.1, 0.15) is 5.82 Å². The van der Waals surface area contributed by atoms with Gasteiger partial charge in [-0.15, -0.1) is 0 Å². The molecule has 102 valence electrons. The molecule has 19 heavy (non-hydrogen) atoms. The molecule has 0 fully saturated rings. The Hall–Kier alpha value is -0.420. The highest BCUT2D eigenvalue weighted by molar-refractivity contribution is 9.10. The van der Waals surface area contributed by atoms with Crippen LogP contribution < -0.4 is 5.32 Å². The van der Waals surface area contributed by atoms with E-state index in [0.717, 1.165) is 23.0 Å². The third-order valence-electron chi connectivity index (χ3n) is 2.84. The zero-order chi connectivity index (χ0) is 13.8. The van der Waals surface area contributed by atoms with Crippen molar-refractivity contribution in [1.29, 1.82) is 0 Å². The first-order valence-corrected chi connectivity index (χ1v) is 8.15. The van der Waals surface area contributed by atoms with Gasteiger partial charge in [0, 0.05) is 15.4 Å². The quantitative estimate of drug-likeness (QED) is 0.751. The number of rotatable bonds is 5. The molecule has 1 unspecified atom stereocenters. The molecule has 1 aromatic carbocycles. The lowest BCUT2D eigenvalue weighted by atomic mass is 10.0. The average molecular weight is 363 g/mol. The van der Waals surface area contributed by atoms with Crippen LogP contribution in [0.1, 0.15) is 30.5 Å². The van der Waals surface area contributed by atoms with E-state index in [9.17, 15) is 4.39 Å². The van der Waals surface area contributed by atoms with Crippen molar-refractivity contribution in [2.45, 2.75) is 19.4 Å². The first-order chi connectivity index (χ1) is 9.15. The van der Waals surface area contributed by atoms with Crippen LogP contribution in [0.5, 0.6) is 0 Å². The highest BCUT2D eigenvalue weighted by atomic mass is 79.9. The van der Waals surface area contributed by atoms with Gasteiger partial charge < -0.3 is 5.32 Å². The molecule has 0 aliphatic rings. The molecule has 0 bridgehead atoms. The van der Waals surface area contributed by atoms with Crippen molar-refractivity contribution in [2.24, 2.45) is 0 Å². The van der Waals surface area contributed by atoms with E-state index in [2.05, 4.69) is 28.2 Å². The maximum Gasteiger partial charge on any atom is 0.146 e. The third-order valence-corrected chi connectivity index (χ3v) is 4.89. The van der Waals surface area contributed by atoms with E-state index in [0.29, 0.717) is 5.56 Å². The fourth-order valence-corrected chi connectivity index (χ4v) is 3.65. The van der Waals surface area contributed by atoms with Gasteiger partial charge in [0.25, 0.3) is 0 Å². The number of hydrogen-bond acceptors (Lipinski definition) is 2. The topological polar surface area (TPSA) is 12.0 Å². The van der Waals surface area contributed by atoms with Crippen LogP contribution in [-0.2, 0) is 0 Å². The van der Waals surface area contributed by atoms with Gasteiger partial charge in [-0.25, -0.2) is 4.39 Å². The summed E-state index contributed by atoms with van der Waals surface area (Å²) in [5.74, 6) is -0.351. The van der Waals surface area contributed by atoms with Crippen molar-refractivity contribution in [2.75, 3.05) is 6.54 Å². The number of hydrogen-bond donors (Lipinski definition) is 1. The van der Waals surface area contributed by atoms with Crippen molar-refractivity contribution in [3.05, 3.63) is 55.4 Å². The summed E-state index contributed by atoms with van der Waals surface area (Å²) in [6, 6.07) is 4.94. The Morgan fingerprint density at radius 2 is 2.16 bits per heavy atom. The normalized spacial score (nSPS) is 12.6. The first kappa shape index (κ1) is 15.0. The highest BCUT2D eigenvalue weighted by Gasteiger charge is 2.21. The Morgan fingerprint density at radius 1 is 1.37 bits per heavy atom. The van der Waals surface area contributed by atoms with Crippen LogP contribution in [0.25, 0.3) is 0 Å². The molecule has 0 saturated heterocycles. The van der Waals surface area contributed by atoms with E-state index in [1.807, 2.05) is 10.8 Å². The second-order valence-corrected chi connectivity index (χ2v) is 6.21. The van der Waals surface area contributed by atoms with Gasteiger partial charge in [-0.3, -0.25) is 0 Å². The average Bonchev–Trinajstić information content (AvgIpc) is 2.81. The molecule has 2 rings (SSSR count). The van der Waals surface area contributed by atoms with Crippen molar-refractivity contribution >= 4 is 38.9 Å². The van der Waals surface area contributed by atoms with Gasteiger partial charge >= 0.3 is 0 Å². The zero-order valence-electron chi connectivity index (χ0n) is 10.4. The summed E-state index contributed by atoms with van der Waals surface area (Å²) in [7, 11) is 0. The molecular formula is C14H14BrClFNS. The van der Waals surface area contributed by atoms with Crippen LogP contribution in [-0.4, -0.2) is 6.54 Å². The van der Waals surface area contributed by atoms with Gasteiger partial charge in [-0.2, -0.15) is 11.3 Å². The largest absolute Gasteiger partial charge is 0.306 e. The summed E-state index contributed by atoms with van der Waals surface area (Å²) in [6.45, 7) is 2.90. The molecule has 1 N–H and O–H groups in total. The second kappa shape index (κ2) is 6.84. The van der Waals surface area contributed by atoms with Gasteiger partial charge in [0.2, 0.25) is 0 Å². The summed E-state index contributed by atoms with van der Waals surface area (Å²) in [5.41, 5.74) is 1.62. The molecule has 0 aliphatic heterocycles. The van der Waals surface area contributed by atoms with Crippen LogP contribution >= 0.6 is 38.9 Å². The van der Waals surface area contributed by atoms with Gasteiger partial charge in [0.05, 0.1) is 11.1 Å². The monoisotopic (exact) mass is 361 g/mol. The molecule has 2 aromatic rings. The van der Waals surface area contributed by atoms with E-state index < -0.39 is 0 Å². The molecule has 1 nitrogen and oxygen atoms in total. The Kier molecular flexibility index (Phi) is 5.39.